The number of amides is 1. The van der Waals surface area contributed by atoms with Crippen LogP contribution in [0.25, 0.3) is 5.82 Å². The van der Waals surface area contributed by atoms with Gasteiger partial charge in [0.2, 0.25) is 11.6 Å². The largest absolute Gasteiger partial charge is 0.378 e. The number of rotatable bonds is 7. The number of anilines is 1. The first-order valence-corrected chi connectivity index (χ1v) is 11.1. The van der Waals surface area contributed by atoms with Crippen LogP contribution >= 0.6 is 0 Å². The Hall–Kier alpha value is -3.60. The Bertz CT molecular complexity index is 1120. The molecule has 1 aliphatic heterocycles. The Morgan fingerprint density at radius 1 is 1.30 bits per heavy atom. The van der Waals surface area contributed by atoms with E-state index in [1.807, 2.05) is 24.3 Å². The van der Waals surface area contributed by atoms with Crippen molar-refractivity contribution in [1.29, 1.82) is 0 Å². The molecule has 1 unspecified atom stereocenters. The highest BCUT2D eigenvalue weighted by molar-refractivity contribution is 5.94. The van der Waals surface area contributed by atoms with Gasteiger partial charge in [-0.15, -0.1) is 5.10 Å². The molecule has 1 saturated heterocycles. The molecule has 11 nitrogen and oxygen atoms in total. The fourth-order valence-corrected chi connectivity index (χ4v) is 3.90. The third-order valence-corrected chi connectivity index (χ3v) is 5.95. The maximum Gasteiger partial charge on any atom is 0.293 e. The van der Waals surface area contributed by atoms with Crippen molar-refractivity contribution in [1.82, 2.24) is 35.6 Å². The Morgan fingerprint density at radius 2 is 2.09 bits per heavy atom. The van der Waals surface area contributed by atoms with Crippen molar-refractivity contribution in [3.63, 3.8) is 0 Å². The average Bonchev–Trinajstić information content (AvgIpc) is 3.41. The molecule has 174 valence electrons. The lowest BCUT2D eigenvalue weighted by molar-refractivity contribution is 0.0945. The molecular formula is C22H29N9O2. The average molecular weight is 452 g/mol. The molecule has 2 aromatic heterocycles. The second-order valence-corrected chi connectivity index (χ2v) is 8.61. The van der Waals surface area contributed by atoms with Gasteiger partial charge in [0.1, 0.15) is 0 Å². The Balaban J connectivity index is 1.55. The molecule has 0 bridgehead atoms. The van der Waals surface area contributed by atoms with Gasteiger partial charge in [-0.2, -0.15) is 9.78 Å². The van der Waals surface area contributed by atoms with Crippen LogP contribution < -0.4 is 11.2 Å². The fourth-order valence-electron chi connectivity index (χ4n) is 3.90. The molecule has 1 aliphatic rings. The van der Waals surface area contributed by atoms with E-state index in [2.05, 4.69) is 56.8 Å². The maximum absolute atomic E-state index is 12.9. The standard InChI is InChI=1S/C22H29N9O2/c1-14(2)17-9-7-16(8-10-17)12-24-26-22(32)19-18(13-30-11-5-4-6-15(30)3)31(29-25-19)21-20(23)27-33-28-21/h7-10,12,14-15H,4-6,11,13H2,1-3H3,(H2,23,27)(H,26,32)/b24-12-. The molecule has 1 atom stereocenters. The van der Waals surface area contributed by atoms with E-state index >= 15 is 0 Å². The number of likely N-dealkylation sites (tertiary alicyclic amines) is 1. The van der Waals surface area contributed by atoms with Crippen LogP contribution in [0.1, 0.15) is 73.3 Å². The third kappa shape index (κ3) is 5.08. The zero-order valence-electron chi connectivity index (χ0n) is 19.1. The fraction of sp³-hybridized carbons (Fsp3) is 0.455. The third-order valence-electron chi connectivity index (χ3n) is 5.95. The lowest BCUT2D eigenvalue weighted by atomic mass is 10.0. The topological polar surface area (TPSA) is 140 Å². The second-order valence-electron chi connectivity index (χ2n) is 8.61. The highest BCUT2D eigenvalue weighted by Gasteiger charge is 2.28. The van der Waals surface area contributed by atoms with Gasteiger partial charge < -0.3 is 5.73 Å². The first-order chi connectivity index (χ1) is 15.9. The Morgan fingerprint density at radius 3 is 2.76 bits per heavy atom. The van der Waals surface area contributed by atoms with E-state index in [4.69, 9.17) is 10.4 Å². The van der Waals surface area contributed by atoms with Crippen LogP contribution in [0.4, 0.5) is 5.82 Å². The number of nitrogens with one attached hydrogen (secondary N) is 1. The number of benzene rings is 1. The molecule has 11 heteroatoms. The van der Waals surface area contributed by atoms with Crippen LogP contribution in [0.5, 0.6) is 0 Å². The number of nitrogens with two attached hydrogens (primary N) is 1. The van der Waals surface area contributed by atoms with Crippen molar-refractivity contribution >= 4 is 17.9 Å². The number of carbonyl (C=O) groups is 1. The molecule has 3 N–H and O–H groups in total. The lowest BCUT2D eigenvalue weighted by Crippen LogP contribution is -2.38. The maximum atomic E-state index is 12.9. The monoisotopic (exact) mass is 451 g/mol. The predicted molar refractivity (Wildman–Crippen MR) is 123 cm³/mol. The van der Waals surface area contributed by atoms with E-state index in [1.54, 1.807) is 6.21 Å². The first-order valence-electron chi connectivity index (χ1n) is 11.1. The zero-order chi connectivity index (χ0) is 23.4. The predicted octanol–water partition coefficient (Wildman–Crippen LogP) is 2.49. The summed E-state index contributed by atoms with van der Waals surface area (Å²) in [6, 6.07) is 8.40. The Labute approximate surface area is 192 Å². The smallest absolute Gasteiger partial charge is 0.293 e. The molecule has 3 heterocycles. The molecule has 1 amide bonds. The van der Waals surface area contributed by atoms with Gasteiger partial charge in [-0.25, -0.2) is 10.1 Å². The van der Waals surface area contributed by atoms with Crippen LogP contribution in [0.2, 0.25) is 0 Å². The molecule has 0 radical (unpaired) electrons. The summed E-state index contributed by atoms with van der Waals surface area (Å²) in [5.74, 6) is 0.261. The van der Waals surface area contributed by atoms with Gasteiger partial charge in [0.15, 0.2) is 5.69 Å². The van der Waals surface area contributed by atoms with Crippen molar-refractivity contribution in [3.05, 3.63) is 46.8 Å². The molecular weight excluding hydrogens is 422 g/mol. The summed E-state index contributed by atoms with van der Waals surface area (Å²) in [6.07, 6.45) is 4.98. The Kier molecular flexibility index (Phi) is 6.78. The summed E-state index contributed by atoms with van der Waals surface area (Å²) in [5, 5.41) is 19.7. The van der Waals surface area contributed by atoms with Gasteiger partial charge in [0, 0.05) is 12.6 Å². The first kappa shape index (κ1) is 22.6. The van der Waals surface area contributed by atoms with Gasteiger partial charge in [0.25, 0.3) is 5.91 Å². The molecule has 1 aromatic carbocycles. The summed E-state index contributed by atoms with van der Waals surface area (Å²) in [7, 11) is 0. The molecule has 0 spiro atoms. The summed E-state index contributed by atoms with van der Waals surface area (Å²) >= 11 is 0. The van der Waals surface area contributed by atoms with Gasteiger partial charge in [0.05, 0.1) is 11.9 Å². The molecule has 4 rings (SSSR count). The van der Waals surface area contributed by atoms with E-state index in [9.17, 15) is 4.79 Å². The minimum atomic E-state index is -0.467. The number of carbonyl (C=O) groups excluding carboxylic acids is 1. The highest BCUT2D eigenvalue weighted by atomic mass is 16.6. The summed E-state index contributed by atoms with van der Waals surface area (Å²) in [4.78, 5) is 15.2. The molecule has 33 heavy (non-hydrogen) atoms. The minimum absolute atomic E-state index is 0.0719. The van der Waals surface area contributed by atoms with Crippen molar-refractivity contribution in [2.75, 3.05) is 12.3 Å². The normalized spacial score (nSPS) is 17.2. The van der Waals surface area contributed by atoms with Crippen molar-refractivity contribution < 1.29 is 9.42 Å². The number of hydrogen-bond acceptors (Lipinski definition) is 9. The van der Waals surface area contributed by atoms with Crippen LogP contribution in [0.15, 0.2) is 34.0 Å². The second kappa shape index (κ2) is 9.90. The van der Waals surface area contributed by atoms with Gasteiger partial charge in [-0.3, -0.25) is 9.69 Å². The molecule has 1 fully saturated rings. The van der Waals surface area contributed by atoms with Crippen molar-refractivity contribution in [3.8, 4) is 5.82 Å². The van der Waals surface area contributed by atoms with E-state index in [0.29, 0.717) is 24.2 Å². The van der Waals surface area contributed by atoms with Crippen molar-refractivity contribution in [2.24, 2.45) is 5.10 Å². The van der Waals surface area contributed by atoms with E-state index < -0.39 is 5.91 Å². The van der Waals surface area contributed by atoms with Gasteiger partial charge >= 0.3 is 0 Å². The molecule has 0 saturated carbocycles. The van der Waals surface area contributed by atoms with Gasteiger partial charge in [-0.05, 0) is 53.7 Å². The van der Waals surface area contributed by atoms with E-state index in [-0.39, 0.29) is 17.3 Å². The van der Waals surface area contributed by atoms with E-state index in [1.165, 1.54) is 16.7 Å². The van der Waals surface area contributed by atoms with Crippen LogP contribution in [0, 0.1) is 0 Å². The highest BCUT2D eigenvalue weighted by Crippen LogP contribution is 2.22. The minimum Gasteiger partial charge on any atom is -0.378 e. The summed E-state index contributed by atoms with van der Waals surface area (Å²) < 4.78 is 6.13. The van der Waals surface area contributed by atoms with Crippen LogP contribution in [-0.2, 0) is 6.54 Å². The van der Waals surface area contributed by atoms with Gasteiger partial charge in [-0.1, -0.05) is 49.7 Å². The summed E-state index contributed by atoms with van der Waals surface area (Å²) in [6.45, 7) is 7.84. The van der Waals surface area contributed by atoms with Crippen LogP contribution in [-0.4, -0.2) is 54.9 Å². The number of hydrogen-bond donors (Lipinski definition) is 2. The van der Waals surface area contributed by atoms with E-state index in [0.717, 1.165) is 24.9 Å². The lowest BCUT2D eigenvalue weighted by Gasteiger charge is -2.33. The number of nitrogen functional groups attached to an aromatic ring is 1. The molecule has 0 aliphatic carbocycles. The van der Waals surface area contributed by atoms with Crippen molar-refractivity contribution in [2.45, 2.75) is 58.5 Å². The number of aromatic nitrogens is 5. The summed E-state index contributed by atoms with van der Waals surface area (Å²) in [5.41, 5.74) is 11.3. The number of nitrogens with zero attached hydrogens (tertiary/aromatic N) is 7. The quantitative estimate of drug-likeness (QED) is 0.412. The number of piperidine rings is 1. The SMILES string of the molecule is CC(C)c1ccc(/C=N\NC(=O)c2nnn(-c3nonc3N)c2CN2CCCCC2C)cc1. The van der Waals surface area contributed by atoms with Crippen LogP contribution in [0.3, 0.4) is 0 Å². The number of hydrazone groups is 1. The zero-order valence-corrected chi connectivity index (χ0v) is 19.1. The molecule has 3 aromatic rings.